The Balaban J connectivity index is 1.02. The van der Waals surface area contributed by atoms with E-state index in [1.807, 2.05) is 19.2 Å². The zero-order valence-electron chi connectivity index (χ0n) is 36.2. The van der Waals surface area contributed by atoms with Crippen LogP contribution in [0.25, 0.3) is 0 Å². The van der Waals surface area contributed by atoms with Gasteiger partial charge in [0.25, 0.3) is 0 Å². The van der Waals surface area contributed by atoms with Crippen molar-refractivity contribution in [2.45, 2.75) is 160 Å². The van der Waals surface area contributed by atoms with Crippen molar-refractivity contribution in [1.29, 1.82) is 0 Å². The first-order chi connectivity index (χ1) is 27.2. The molecule has 2 aromatic rings. The number of aliphatic hydroxyl groups excluding tert-OH is 1. The van der Waals surface area contributed by atoms with Crippen LogP contribution >= 0.6 is 0 Å². The molecule has 314 valence electrons. The van der Waals surface area contributed by atoms with Crippen molar-refractivity contribution >= 4 is 17.3 Å². The van der Waals surface area contributed by atoms with Crippen LogP contribution in [0, 0.1) is 45.3 Å². The smallest absolute Gasteiger partial charge is 0.159 e. The molecule has 13 atom stereocenters. The number of fused-ring (bicyclic) bond motifs is 5. The molecule has 8 heteroatoms. The average Bonchev–Trinajstić information content (AvgIpc) is 3.48. The van der Waals surface area contributed by atoms with Crippen LogP contribution in [0.1, 0.15) is 142 Å². The van der Waals surface area contributed by atoms with Gasteiger partial charge in [0.05, 0.1) is 22.7 Å². The minimum absolute atomic E-state index is 0.126. The second kappa shape index (κ2) is 13.0. The highest BCUT2D eigenvalue weighted by molar-refractivity contribution is 6.01. The highest BCUT2D eigenvalue weighted by atomic mass is 16.6. The summed E-state index contributed by atoms with van der Waals surface area (Å²) in [7, 11) is 1.88. The molecular formula is C50H68N2O6. The van der Waals surface area contributed by atoms with Crippen LogP contribution in [0.15, 0.2) is 53.6 Å². The lowest BCUT2D eigenvalue weighted by molar-refractivity contribution is -0.252. The monoisotopic (exact) mass is 793 g/mol. The van der Waals surface area contributed by atoms with Crippen LogP contribution in [-0.4, -0.2) is 57.3 Å². The Morgan fingerprint density at radius 2 is 1.74 bits per heavy atom. The predicted octanol–water partition coefficient (Wildman–Crippen LogP) is 8.30. The predicted molar refractivity (Wildman–Crippen MR) is 226 cm³/mol. The molecule has 8 aliphatic rings. The van der Waals surface area contributed by atoms with Crippen molar-refractivity contribution < 1.29 is 29.6 Å². The second-order valence-electron chi connectivity index (χ2n) is 22.0. The minimum atomic E-state index is -1.10. The molecule has 7 aliphatic carbocycles. The molecule has 1 heterocycles. The zero-order valence-corrected chi connectivity index (χ0v) is 36.2. The fourth-order valence-corrected chi connectivity index (χ4v) is 16.6. The number of aliphatic hydroxyl groups is 2. The molecule has 0 aromatic heterocycles. The molecule has 2 aromatic carbocycles. The summed E-state index contributed by atoms with van der Waals surface area (Å²) < 4.78 is 6.47. The van der Waals surface area contributed by atoms with Gasteiger partial charge in [0.15, 0.2) is 5.78 Å². The lowest BCUT2D eigenvalue weighted by Gasteiger charge is -2.72. The summed E-state index contributed by atoms with van der Waals surface area (Å²) in [5, 5.41) is 39.4. The quantitative estimate of drug-likeness (QED) is 0.126. The number of phenolic OH excluding ortho intramolecular Hbond substituents is 1. The van der Waals surface area contributed by atoms with Crippen molar-refractivity contribution in [3.63, 3.8) is 0 Å². The topological polar surface area (TPSA) is 145 Å². The molecule has 10 rings (SSSR count). The number of benzene rings is 2. The third-order valence-electron chi connectivity index (χ3n) is 18.4. The number of nitrogens with two attached hydrogens (primary N) is 1. The van der Waals surface area contributed by atoms with Gasteiger partial charge in [0.2, 0.25) is 0 Å². The number of allylic oxidation sites excluding steroid dienone is 2. The third-order valence-corrected chi connectivity index (χ3v) is 18.4. The highest BCUT2D eigenvalue weighted by Crippen LogP contribution is 2.79. The van der Waals surface area contributed by atoms with Crippen molar-refractivity contribution in [3.05, 3.63) is 70.3 Å². The summed E-state index contributed by atoms with van der Waals surface area (Å²) >= 11 is 0. The summed E-state index contributed by atoms with van der Waals surface area (Å²) in [5.74, 6) is 1.01. The number of carbonyl (C=O) groups excluding carboxylic acids is 2. The van der Waals surface area contributed by atoms with Crippen LogP contribution < -0.4 is 11.1 Å². The van der Waals surface area contributed by atoms with E-state index in [0.29, 0.717) is 56.9 Å². The van der Waals surface area contributed by atoms with Crippen LogP contribution in [-0.2, 0) is 26.3 Å². The number of ketones is 2. The summed E-state index contributed by atoms with van der Waals surface area (Å²) in [6.07, 6.45) is 7.10. The van der Waals surface area contributed by atoms with E-state index in [0.717, 1.165) is 54.5 Å². The molecule has 0 radical (unpaired) electrons. The zero-order chi connectivity index (χ0) is 41.6. The van der Waals surface area contributed by atoms with Crippen LogP contribution in [0.4, 0.5) is 5.69 Å². The first kappa shape index (κ1) is 40.4. The number of nitrogens with one attached hydrogen (secondary N) is 1. The molecule has 0 spiro atoms. The van der Waals surface area contributed by atoms with E-state index < -0.39 is 44.4 Å². The maximum Gasteiger partial charge on any atom is 0.159 e. The van der Waals surface area contributed by atoms with Gasteiger partial charge in [-0.25, -0.2) is 0 Å². The second-order valence-corrected chi connectivity index (χ2v) is 22.0. The van der Waals surface area contributed by atoms with Gasteiger partial charge in [-0.1, -0.05) is 71.7 Å². The number of epoxide rings is 1. The van der Waals surface area contributed by atoms with Crippen molar-refractivity contribution in [2.24, 2.45) is 45.3 Å². The highest BCUT2D eigenvalue weighted by Gasteiger charge is 2.78. The lowest BCUT2D eigenvalue weighted by atomic mass is 9.32. The summed E-state index contributed by atoms with van der Waals surface area (Å²) in [4.78, 5) is 29.6. The van der Waals surface area contributed by atoms with Crippen LogP contribution in [0.5, 0.6) is 5.75 Å². The standard InChI is InChI=1S/C50H68N2O6/c1-28(19-37(54)41-48(7,58-41)35-14-10-13-34(35)30-11-9-12-32(51)22-30)40-36-15-16-39-45(4)26-49(31-20-29(25-52-8)21-33(53)23-31)17-18-50(57,42(45)44(2,3)43(49)56)27-47(39,6)46(36,5)24-38(40)55/h9,11-12,20-23,28,34-35,37,39,41-42,52-54,57H,10,13-19,24-27,51H2,1-8H3. The number of anilines is 1. The molecule has 7 fully saturated rings. The van der Waals surface area contributed by atoms with E-state index in [9.17, 15) is 20.1 Å². The lowest BCUT2D eigenvalue weighted by Crippen LogP contribution is -2.71. The molecule has 58 heavy (non-hydrogen) atoms. The van der Waals surface area contributed by atoms with Gasteiger partial charge >= 0.3 is 0 Å². The van der Waals surface area contributed by atoms with Gasteiger partial charge in [-0.2, -0.15) is 0 Å². The number of Topliss-reactive ketones (excluding diaryl/α,β-unsaturated/α-hetero) is 2. The van der Waals surface area contributed by atoms with Crippen molar-refractivity contribution in [2.75, 3.05) is 12.8 Å². The molecule has 13 unspecified atom stereocenters. The summed E-state index contributed by atoms with van der Waals surface area (Å²) in [6.45, 7) is 16.0. The normalized spacial score (nSPS) is 43.5. The van der Waals surface area contributed by atoms with Crippen LogP contribution in [0.3, 0.4) is 0 Å². The Hall–Kier alpha value is -3.04. The molecule has 0 amide bonds. The molecule has 6 N–H and O–H groups in total. The van der Waals surface area contributed by atoms with Crippen molar-refractivity contribution in [3.8, 4) is 5.75 Å². The first-order valence-corrected chi connectivity index (χ1v) is 22.4. The van der Waals surface area contributed by atoms with Gasteiger partial charge in [-0.05, 0) is 153 Å². The molecule has 1 saturated heterocycles. The summed E-state index contributed by atoms with van der Waals surface area (Å²) in [5.41, 5.74) is 7.77. The number of rotatable bonds is 9. The number of ether oxygens (including phenoxy) is 1. The average molecular weight is 793 g/mol. The van der Waals surface area contributed by atoms with E-state index in [2.05, 4.69) is 72.0 Å². The Bertz CT molecular complexity index is 2090. The number of carbonyl (C=O) groups is 2. The van der Waals surface area contributed by atoms with E-state index in [-0.39, 0.29) is 41.2 Å². The minimum Gasteiger partial charge on any atom is -0.508 e. The van der Waals surface area contributed by atoms with Gasteiger partial charge in [0.1, 0.15) is 17.6 Å². The largest absolute Gasteiger partial charge is 0.508 e. The number of hydrogen-bond acceptors (Lipinski definition) is 8. The van der Waals surface area contributed by atoms with E-state index >= 15 is 4.79 Å². The molecule has 6 saturated carbocycles. The number of phenols is 1. The molecule has 8 nitrogen and oxygen atoms in total. The third kappa shape index (κ3) is 5.38. The number of hydrogen-bond donors (Lipinski definition) is 5. The number of aromatic hydroxyl groups is 1. The molecular weight excluding hydrogens is 725 g/mol. The van der Waals surface area contributed by atoms with E-state index in [1.54, 1.807) is 12.1 Å². The van der Waals surface area contributed by atoms with Gasteiger partial charge < -0.3 is 31.1 Å². The fourth-order valence-electron chi connectivity index (χ4n) is 16.6. The first-order valence-electron chi connectivity index (χ1n) is 22.4. The maximum absolute atomic E-state index is 15.0. The Kier molecular flexibility index (Phi) is 9.04. The Morgan fingerprint density at radius 3 is 2.47 bits per heavy atom. The van der Waals surface area contributed by atoms with E-state index in [4.69, 9.17) is 10.5 Å². The molecule has 4 bridgehead atoms. The maximum atomic E-state index is 15.0. The van der Waals surface area contributed by atoms with Gasteiger partial charge in [0, 0.05) is 35.4 Å². The van der Waals surface area contributed by atoms with Crippen molar-refractivity contribution in [1.82, 2.24) is 5.32 Å². The van der Waals surface area contributed by atoms with Gasteiger partial charge in [-0.15, -0.1) is 0 Å². The SMILES string of the molecule is CNCc1cc(O)cc(C23CCC4(O)CC5(C)C(CCC6=C(C(C)CC(O)C7OC7(C)C7CCCC7c7cccc(N)c7)C(=O)CC65C)C(C)(C2)C4C(C)(C)C3=O)c1. The number of nitrogen functional groups attached to an aromatic ring is 1. The van der Waals surface area contributed by atoms with Crippen LogP contribution in [0.2, 0.25) is 0 Å². The summed E-state index contributed by atoms with van der Waals surface area (Å²) in [6, 6.07) is 13.9. The van der Waals surface area contributed by atoms with E-state index in [1.165, 1.54) is 11.1 Å². The Morgan fingerprint density at radius 1 is 0.983 bits per heavy atom. The Labute approximate surface area is 345 Å². The van der Waals surface area contributed by atoms with Gasteiger partial charge in [-0.3, -0.25) is 9.59 Å². The fraction of sp³-hybridized carbons (Fsp3) is 0.680. The molecule has 1 aliphatic heterocycles.